The largest absolute Gasteiger partial charge is 0.355 e. The zero-order valence-corrected chi connectivity index (χ0v) is 23.1. The molecule has 3 aromatic rings. The minimum absolute atomic E-state index is 0.0345. The summed E-state index contributed by atoms with van der Waals surface area (Å²) in [6.45, 7) is 11.0. The van der Waals surface area contributed by atoms with Crippen LogP contribution in [0.1, 0.15) is 68.6 Å². The van der Waals surface area contributed by atoms with Crippen LogP contribution in [0.3, 0.4) is 0 Å². The van der Waals surface area contributed by atoms with Crippen LogP contribution >= 0.6 is 11.8 Å². The summed E-state index contributed by atoms with van der Waals surface area (Å²) in [6.07, 6.45) is 4.54. The molecule has 1 unspecified atom stereocenters. The number of aromatic nitrogens is 3. The Kier molecular flexibility index (Phi) is 9.49. The molecule has 0 aliphatic rings. The lowest BCUT2D eigenvalue weighted by Gasteiger charge is -2.19. The maximum atomic E-state index is 13.3. The highest BCUT2D eigenvalue weighted by Gasteiger charge is 2.23. The monoisotopic (exact) mass is 506 g/mol. The number of hydrogen-bond acceptors (Lipinski definition) is 5. The molecule has 2 aromatic heterocycles. The lowest BCUT2D eigenvalue weighted by atomic mass is 9.86. The van der Waals surface area contributed by atoms with Gasteiger partial charge in [0.25, 0.3) is 5.56 Å². The van der Waals surface area contributed by atoms with E-state index < -0.39 is 0 Å². The molecule has 2 heterocycles. The summed E-state index contributed by atoms with van der Waals surface area (Å²) in [5.74, 6) is -0.0345. The lowest BCUT2D eigenvalue weighted by Crippen LogP contribution is -2.35. The van der Waals surface area contributed by atoms with Gasteiger partial charge in [-0.25, -0.2) is 4.98 Å². The molecule has 1 aromatic carbocycles. The topological polar surface area (TPSA) is 76.9 Å². The predicted molar refractivity (Wildman–Crippen MR) is 148 cm³/mol. The Morgan fingerprint density at radius 3 is 2.47 bits per heavy atom. The Hall–Kier alpha value is -2.93. The number of thioether (sulfide) groups is 1. The first kappa shape index (κ1) is 27.7. The van der Waals surface area contributed by atoms with E-state index in [1.807, 2.05) is 25.1 Å². The minimum atomic E-state index is -0.313. The van der Waals surface area contributed by atoms with Crippen molar-refractivity contribution in [1.29, 1.82) is 0 Å². The van der Waals surface area contributed by atoms with Crippen molar-refractivity contribution in [1.82, 2.24) is 19.9 Å². The normalized spacial score (nSPS) is 12.4. The van der Waals surface area contributed by atoms with E-state index in [4.69, 9.17) is 4.98 Å². The molecule has 0 aliphatic heterocycles. The van der Waals surface area contributed by atoms with Gasteiger partial charge in [0.1, 0.15) is 0 Å². The van der Waals surface area contributed by atoms with Crippen molar-refractivity contribution in [3.8, 4) is 0 Å². The molecule has 0 bridgehead atoms. The van der Waals surface area contributed by atoms with Gasteiger partial charge in [0.15, 0.2) is 5.16 Å². The van der Waals surface area contributed by atoms with Crippen molar-refractivity contribution in [2.45, 2.75) is 76.1 Å². The van der Waals surface area contributed by atoms with Crippen LogP contribution in [0.25, 0.3) is 0 Å². The molecule has 0 saturated carbocycles. The van der Waals surface area contributed by atoms with Crippen LogP contribution in [0.15, 0.2) is 58.6 Å². The van der Waals surface area contributed by atoms with Crippen molar-refractivity contribution >= 4 is 17.7 Å². The molecule has 0 fully saturated rings. The second kappa shape index (κ2) is 12.3. The molecule has 0 saturated heterocycles. The van der Waals surface area contributed by atoms with E-state index in [0.717, 1.165) is 17.7 Å². The summed E-state index contributed by atoms with van der Waals surface area (Å²) in [5, 5.41) is 3.29. The number of hydrogen-bond donors (Lipinski definition) is 1. The lowest BCUT2D eigenvalue weighted by molar-refractivity contribution is -0.120. The molecular weight excluding hydrogens is 468 g/mol. The van der Waals surface area contributed by atoms with E-state index in [1.54, 1.807) is 17.8 Å². The molecule has 3 rings (SSSR count). The third kappa shape index (κ3) is 7.29. The Balaban J connectivity index is 1.72. The summed E-state index contributed by atoms with van der Waals surface area (Å²) in [7, 11) is 1.74. The number of carbonyl (C=O) groups is 1. The number of aryl methyl sites for hydroxylation is 1. The van der Waals surface area contributed by atoms with Crippen molar-refractivity contribution in [2.24, 2.45) is 7.05 Å². The number of amides is 1. The Labute approximate surface area is 219 Å². The van der Waals surface area contributed by atoms with Crippen molar-refractivity contribution in [3.05, 3.63) is 87.1 Å². The molecular formula is C29H38N4O2S. The standard InChI is InChI=1S/C29H38N4O2S/c1-7-10-25(26(34)31-18-16-23-11-8-9-17-30-23)36-28-32-20(2)24(27(35)33(28)6)19-21-12-14-22(15-13-21)29(3,4)5/h8-9,11-15,17,25H,7,10,16,18-19H2,1-6H3,(H,31,34). The fourth-order valence-electron chi connectivity index (χ4n) is 3.97. The van der Waals surface area contributed by atoms with Gasteiger partial charge in [0, 0.05) is 49.6 Å². The maximum Gasteiger partial charge on any atom is 0.257 e. The molecule has 1 atom stereocenters. The number of nitrogens with one attached hydrogen (secondary N) is 1. The van der Waals surface area contributed by atoms with Crippen LogP contribution in [-0.2, 0) is 30.1 Å². The fourth-order valence-corrected chi connectivity index (χ4v) is 5.20. The Morgan fingerprint density at radius 2 is 1.86 bits per heavy atom. The minimum Gasteiger partial charge on any atom is -0.355 e. The quantitative estimate of drug-likeness (QED) is 0.310. The molecule has 1 N–H and O–H groups in total. The average Bonchev–Trinajstić information content (AvgIpc) is 2.85. The number of nitrogens with zero attached hydrogens (tertiary/aromatic N) is 3. The van der Waals surface area contributed by atoms with Crippen LogP contribution in [0, 0.1) is 6.92 Å². The van der Waals surface area contributed by atoms with Gasteiger partial charge in [0.2, 0.25) is 5.91 Å². The van der Waals surface area contributed by atoms with Gasteiger partial charge in [-0.2, -0.15) is 0 Å². The summed E-state index contributed by atoms with van der Waals surface area (Å²) in [6, 6.07) is 14.2. The molecule has 192 valence electrons. The fraction of sp³-hybridized carbons (Fsp3) is 0.448. The van der Waals surface area contributed by atoms with Gasteiger partial charge in [-0.1, -0.05) is 76.2 Å². The highest BCUT2D eigenvalue weighted by atomic mass is 32.2. The number of rotatable bonds is 10. The number of pyridine rings is 1. The van der Waals surface area contributed by atoms with E-state index in [2.05, 4.69) is 62.3 Å². The highest BCUT2D eigenvalue weighted by molar-refractivity contribution is 8.00. The first-order valence-electron chi connectivity index (χ1n) is 12.6. The third-order valence-corrected chi connectivity index (χ3v) is 7.56. The van der Waals surface area contributed by atoms with E-state index >= 15 is 0 Å². The van der Waals surface area contributed by atoms with Gasteiger partial charge in [-0.15, -0.1) is 0 Å². The Morgan fingerprint density at radius 1 is 1.14 bits per heavy atom. The summed E-state index contributed by atoms with van der Waals surface area (Å²) < 4.78 is 1.58. The summed E-state index contributed by atoms with van der Waals surface area (Å²) in [5.41, 5.74) is 4.73. The molecule has 36 heavy (non-hydrogen) atoms. The first-order valence-corrected chi connectivity index (χ1v) is 13.5. The number of carbonyl (C=O) groups excluding carboxylic acids is 1. The van der Waals surface area contributed by atoms with Crippen LogP contribution < -0.4 is 10.9 Å². The smallest absolute Gasteiger partial charge is 0.257 e. The van der Waals surface area contributed by atoms with E-state index in [-0.39, 0.29) is 22.1 Å². The van der Waals surface area contributed by atoms with Crippen molar-refractivity contribution in [3.63, 3.8) is 0 Å². The van der Waals surface area contributed by atoms with Gasteiger partial charge < -0.3 is 5.32 Å². The van der Waals surface area contributed by atoms with E-state index in [9.17, 15) is 9.59 Å². The molecule has 0 aliphatic carbocycles. The highest BCUT2D eigenvalue weighted by Crippen LogP contribution is 2.26. The SMILES string of the molecule is CCCC(Sc1nc(C)c(Cc2ccc(C(C)(C)C)cc2)c(=O)n1C)C(=O)NCCc1ccccn1. The zero-order valence-electron chi connectivity index (χ0n) is 22.3. The predicted octanol–water partition coefficient (Wildman–Crippen LogP) is 4.99. The first-order chi connectivity index (χ1) is 17.1. The average molecular weight is 507 g/mol. The molecule has 6 nitrogen and oxygen atoms in total. The van der Waals surface area contributed by atoms with Crippen LogP contribution in [-0.4, -0.2) is 32.2 Å². The molecule has 7 heteroatoms. The molecule has 0 radical (unpaired) electrons. The second-order valence-electron chi connectivity index (χ2n) is 10.2. The zero-order chi connectivity index (χ0) is 26.3. The van der Waals surface area contributed by atoms with Gasteiger partial charge in [-0.05, 0) is 42.0 Å². The van der Waals surface area contributed by atoms with Gasteiger partial charge in [-0.3, -0.25) is 19.1 Å². The van der Waals surface area contributed by atoms with Crippen molar-refractivity contribution in [2.75, 3.05) is 6.54 Å². The summed E-state index contributed by atoms with van der Waals surface area (Å²) in [4.78, 5) is 35.3. The van der Waals surface area contributed by atoms with Crippen LogP contribution in [0.4, 0.5) is 0 Å². The Bertz CT molecular complexity index is 1220. The van der Waals surface area contributed by atoms with Gasteiger partial charge >= 0.3 is 0 Å². The van der Waals surface area contributed by atoms with Crippen LogP contribution in [0.2, 0.25) is 0 Å². The second-order valence-corrected chi connectivity index (χ2v) is 11.4. The van der Waals surface area contributed by atoms with Gasteiger partial charge in [0.05, 0.1) is 5.25 Å². The molecule has 1 amide bonds. The van der Waals surface area contributed by atoms with Crippen molar-refractivity contribution < 1.29 is 4.79 Å². The maximum absolute atomic E-state index is 13.3. The molecule has 0 spiro atoms. The summed E-state index contributed by atoms with van der Waals surface area (Å²) >= 11 is 1.37. The third-order valence-electron chi connectivity index (χ3n) is 6.25. The number of benzene rings is 1. The van der Waals surface area contributed by atoms with E-state index in [1.165, 1.54) is 17.3 Å². The van der Waals surface area contributed by atoms with E-state index in [0.29, 0.717) is 42.2 Å². The van der Waals surface area contributed by atoms with Crippen LogP contribution in [0.5, 0.6) is 0 Å².